The minimum Gasteiger partial charge on any atom is -0.478 e. The van der Waals surface area contributed by atoms with E-state index in [9.17, 15) is 14.7 Å². The molecular formula is C19H28N2O4. The monoisotopic (exact) mass is 348 g/mol. The minimum absolute atomic E-state index is 0.374. The van der Waals surface area contributed by atoms with E-state index in [1.165, 1.54) is 0 Å². The van der Waals surface area contributed by atoms with Crippen LogP contribution in [-0.4, -0.2) is 47.3 Å². The molecule has 6 nitrogen and oxygen atoms in total. The summed E-state index contributed by atoms with van der Waals surface area (Å²) >= 11 is 0. The molecule has 1 aliphatic heterocycles. The average molecular weight is 348 g/mol. The predicted octanol–water partition coefficient (Wildman–Crippen LogP) is 3.05. The van der Waals surface area contributed by atoms with Crippen LogP contribution in [0.25, 0.3) is 0 Å². The Labute approximate surface area is 149 Å². The third kappa shape index (κ3) is 6.05. The Morgan fingerprint density at radius 3 is 2.72 bits per heavy atom. The van der Waals surface area contributed by atoms with E-state index in [-0.39, 0.29) is 6.09 Å². The second kappa shape index (κ2) is 8.34. The molecule has 6 heteroatoms. The van der Waals surface area contributed by atoms with Crippen molar-refractivity contribution in [2.45, 2.75) is 52.2 Å². The molecule has 2 N–H and O–H groups in total. The van der Waals surface area contributed by atoms with Crippen molar-refractivity contribution >= 4 is 12.1 Å². The number of rotatable bonds is 6. The van der Waals surface area contributed by atoms with Crippen molar-refractivity contribution in [3.8, 4) is 0 Å². The molecule has 0 atom stereocenters. The van der Waals surface area contributed by atoms with Gasteiger partial charge >= 0.3 is 12.1 Å². The second-order valence-corrected chi connectivity index (χ2v) is 7.41. The van der Waals surface area contributed by atoms with Crippen molar-refractivity contribution in [3.05, 3.63) is 34.9 Å². The summed E-state index contributed by atoms with van der Waals surface area (Å²) in [5.41, 5.74) is 2.04. The molecule has 0 spiro atoms. The molecule has 0 aliphatic carbocycles. The molecule has 0 saturated carbocycles. The molecule has 1 aromatic rings. The van der Waals surface area contributed by atoms with Gasteiger partial charge in [-0.3, -0.25) is 4.90 Å². The maximum atomic E-state index is 11.6. The van der Waals surface area contributed by atoms with Crippen molar-refractivity contribution in [3.63, 3.8) is 0 Å². The van der Waals surface area contributed by atoms with Gasteiger partial charge in [0, 0.05) is 19.6 Å². The zero-order valence-electron chi connectivity index (χ0n) is 15.3. The quantitative estimate of drug-likeness (QED) is 0.773. The number of nitrogens with zero attached hydrogens (tertiary/aromatic N) is 1. The fraction of sp³-hybridized carbons (Fsp3) is 0.579. The van der Waals surface area contributed by atoms with E-state index >= 15 is 0 Å². The lowest BCUT2D eigenvalue weighted by Crippen LogP contribution is -2.34. The van der Waals surface area contributed by atoms with Crippen LogP contribution in [-0.2, 0) is 17.7 Å². The summed E-state index contributed by atoms with van der Waals surface area (Å²) in [5.74, 6) is -0.849. The molecule has 0 saturated heterocycles. The maximum absolute atomic E-state index is 11.6. The molecule has 0 fully saturated rings. The number of carboxylic acid groups (broad SMARTS) is 1. The second-order valence-electron chi connectivity index (χ2n) is 7.41. The predicted molar refractivity (Wildman–Crippen MR) is 95.9 cm³/mol. The summed E-state index contributed by atoms with van der Waals surface area (Å²) in [5, 5.41) is 12.0. The standard InChI is InChI=1S/C19H28N2O4/c1-19(2,3)25-18(24)20-10-4-5-11-21-12-9-15-14(13-21)7-6-8-16(15)17(22)23/h6-8H,4-5,9-13H2,1-3H3,(H,20,24)(H,22,23). The third-order valence-electron chi connectivity index (χ3n) is 4.14. The first-order valence-electron chi connectivity index (χ1n) is 8.79. The molecule has 0 aromatic heterocycles. The lowest BCUT2D eigenvalue weighted by Gasteiger charge is -2.29. The Bertz CT molecular complexity index is 622. The fourth-order valence-corrected chi connectivity index (χ4v) is 3.02. The Balaban J connectivity index is 1.71. The van der Waals surface area contributed by atoms with Crippen molar-refractivity contribution < 1.29 is 19.4 Å². The Kier molecular flexibility index (Phi) is 6.42. The summed E-state index contributed by atoms with van der Waals surface area (Å²) < 4.78 is 5.20. The molecule has 2 rings (SSSR count). The number of benzene rings is 1. The van der Waals surface area contributed by atoms with E-state index in [4.69, 9.17) is 4.74 Å². The molecule has 0 radical (unpaired) electrons. The number of carbonyl (C=O) groups is 2. The van der Waals surface area contributed by atoms with Crippen LogP contribution >= 0.6 is 0 Å². The minimum atomic E-state index is -0.849. The first-order valence-corrected chi connectivity index (χ1v) is 8.79. The largest absolute Gasteiger partial charge is 0.478 e. The lowest BCUT2D eigenvalue weighted by molar-refractivity contribution is 0.0525. The van der Waals surface area contributed by atoms with Crippen LogP contribution in [0.3, 0.4) is 0 Å². The first kappa shape index (κ1) is 19.2. The SMILES string of the molecule is CC(C)(C)OC(=O)NCCCCN1CCc2c(cccc2C(=O)O)C1. The van der Waals surface area contributed by atoms with E-state index in [0.29, 0.717) is 12.1 Å². The van der Waals surface area contributed by atoms with Gasteiger partial charge in [-0.05, 0) is 63.8 Å². The number of amides is 1. The van der Waals surface area contributed by atoms with Gasteiger partial charge in [-0.2, -0.15) is 0 Å². The molecular weight excluding hydrogens is 320 g/mol. The van der Waals surface area contributed by atoms with Crippen LogP contribution in [0.2, 0.25) is 0 Å². The molecule has 138 valence electrons. The number of aromatic carboxylic acids is 1. The van der Waals surface area contributed by atoms with Gasteiger partial charge in [0.25, 0.3) is 0 Å². The van der Waals surface area contributed by atoms with E-state index in [2.05, 4.69) is 10.2 Å². The molecule has 0 unspecified atom stereocenters. The van der Waals surface area contributed by atoms with E-state index in [1.54, 1.807) is 6.07 Å². The Hall–Kier alpha value is -2.08. The molecule has 25 heavy (non-hydrogen) atoms. The van der Waals surface area contributed by atoms with Gasteiger partial charge in [-0.15, -0.1) is 0 Å². The number of unbranched alkanes of at least 4 members (excludes halogenated alkanes) is 1. The van der Waals surface area contributed by atoms with Gasteiger partial charge < -0.3 is 15.2 Å². The number of carbonyl (C=O) groups excluding carboxylic acids is 1. The first-order chi connectivity index (χ1) is 11.8. The number of nitrogens with one attached hydrogen (secondary N) is 1. The molecule has 1 amide bonds. The fourth-order valence-electron chi connectivity index (χ4n) is 3.02. The maximum Gasteiger partial charge on any atom is 0.407 e. The van der Waals surface area contributed by atoms with Gasteiger partial charge in [0.2, 0.25) is 0 Å². The summed E-state index contributed by atoms with van der Waals surface area (Å²) in [6, 6.07) is 5.51. The zero-order chi connectivity index (χ0) is 18.4. The molecule has 1 aliphatic rings. The van der Waals surface area contributed by atoms with Crippen LogP contribution in [0.4, 0.5) is 4.79 Å². The van der Waals surface area contributed by atoms with Crippen molar-refractivity contribution in [2.75, 3.05) is 19.6 Å². The van der Waals surface area contributed by atoms with Crippen molar-refractivity contribution in [1.82, 2.24) is 10.2 Å². The highest BCUT2D eigenvalue weighted by Crippen LogP contribution is 2.22. The highest BCUT2D eigenvalue weighted by molar-refractivity contribution is 5.89. The van der Waals surface area contributed by atoms with Crippen LogP contribution in [0.1, 0.15) is 55.1 Å². The van der Waals surface area contributed by atoms with Gasteiger partial charge in [0.1, 0.15) is 5.60 Å². The topological polar surface area (TPSA) is 78.9 Å². The zero-order valence-corrected chi connectivity index (χ0v) is 15.3. The van der Waals surface area contributed by atoms with E-state index in [1.807, 2.05) is 32.9 Å². The van der Waals surface area contributed by atoms with Gasteiger partial charge in [0.15, 0.2) is 0 Å². The van der Waals surface area contributed by atoms with Crippen molar-refractivity contribution in [1.29, 1.82) is 0 Å². The summed E-state index contributed by atoms with van der Waals surface area (Å²) in [6.45, 7) is 8.73. The highest BCUT2D eigenvalue weighted by atomic mass is 16.6. The van der Waals surface area contributed by atoms with Crippen LogP contribution < -0.4 is 5.32 Å². The van der Waals surface area contributed by atoms with E-state index in [0.717, 1.165) is 50.0 Å². The summed E-state index contributed by atoms with van der Waals surface area (Å²) in [4.78, 5) is 25.2. The number of hydrogen-bond acceptors (Lipinski definition) is 4. The number of hydrogen-bond donors (Lipinski definition) is 2. The third-order valence-corrected chi connectivity index (χ3v) is 4.14. The molecule has 1 heterocycles. The average Bonchev–Trinajstić information content (AvgIpc) is 2.51. The van der Waals surface area contributed by atoms with Gasteiger partial charge in [-0.1, -0.05) is 12.1 Å². The highest BCUT2D eigenvalue weighted by Gasteiger charge is 2.21. The normalized spacial score (nSPS) is 14.7. The van der Waals surface area contributed by atoms with Crippen LogP contribution in [0, 0.1) is 0 Å². The number of ether oxygens (including phenoxy) is 1. The van der Waals surface area contributed by atoms with Crippen molar-refractivity contribution in [2.24, 2.45) is 0 Å². The number of carboxylic acids is 1. The lowest BCUT2D eigenvalue weighted by atomic mass is 9.94. The Morgan fingerprint density at radius 2 is 2.04 bits per heavy atom. The number of alkyl carbamates (subject to hydrolysis) is 1. The Morgan fingerprint density at radius 1 is 1.28 bits per heavy atom. The molecule has 1 aromatic carbocycles. The smallest absolute Gasteiger partial charge is 0.407 e. The number of fused-ring (bicyclic) bond motifs is 1. The summed E-state index contributed by atoms with van der Waals surface area (Å²) in [7, 11) is 0. The van der Waals surface area contributed by atoms with Gasteiger partial charge in [0.05, 0.1) is 5.56 Å². The van der Waals surface area contributed by atoms with Gasteiger partial charge in [-0.25, -0.2) is 9.59 Å². The van der Waals surface area contributed by atoms with Crippen LogP contribution in [0.5, 0.6) is 0 Å². The van der Waals surface area contributed by atoms with Crippen LogP contribution in [0.15, 0.2) is 18.2 Å². The van der Waals surface area contributed by atoms with E-state index < -0.39 is 11.6 Å². The molecule has 0 bridgehead atoms. The summed E-state index contributed by atoms with van der Waals surface area (Å²) in [6.07, 6.45) is 2.26.